The molecule has 0 aliphatic heterocycles. The molecule has 30 heavy (non-hydrogen) atoms. The number of pyridine rings is 2. The summed E-state index contributed by atoms with van der Waals surface area (Å²) in [6, 6.07) is 15.6. The molecule has 1 aromatic carbocycles. The third-order valence-corrected chi connectivity index (χ3v) is 3.56. The Morgan fingerprint density at radius 1 is 0.633 bits per heavy atom. The van der Waals surface area contributed by atoms with Crippen molar-refractivity contribution in [3.8, 4) is 0 Å². The van der Waals surface area contributed by atoms with Gasteiger partial charge in [-0.2, -0.15) is 0 Å². The molecule has 2 aromatic heterocycles. The van der Waals surface area contributed by atoms with Crippen LogP contribution in [0, 0.1) is 13.8 Å². The van der Waals surface area contributed by atoms with Crippen molar-refractivity contribution in [1.29, 1.82) is 0 Å². The van der Waals surface area contributed by atoms with Crippen molar-refractivity contribution in [1.82, 2.24) is 9.97 Å². The number of halogens is 4. The molecule has 170 valence electrons. The Hall–Kier alpha value is -0.993. The number of hydrogen-bond acceptors (Lipinski definition) is 4. The predicted octanol–water partition coefficient (Wildman–Crippen LogP) is 6.28. The molecule has 0 radical (unpaired) electrons. The molecule has 0 unspecified atom stereocenters. The molecule has 0 atom stereocenters. The summed E-state index contributed by atoms with van der Waals surface area (Å²) in [6.45, 7) is 4.06. The minimum absolute atomic E-state index is 0. The first kappa shape index (κ1) is 36.4. The Bertz CT molecular complexity index is 821. The topological polar surface area (TPSA) is 50.5 Å². The Morgan fingerprint density at radius 2 is 1.00 bits per heavy atom. The fourth-order valence-electron chi connectivity index (χ4n) is 2.24. The van der Waals surface area contributed by atoms with E-state index in [1.165, 1.54) is 0 Å². The maximum Gasteiger partial charge on any atom is 0.0812 e. The van der Waals surface area contributed by atoms with Crippen LogP contribution in [0.25, 0.3) is 0 Å². The van der Waals surface area contributed by atoms with Crippen LogP contribution in [0.4, 0.5) is 11.4 Å². The number of nitrogens with zero attached hydrogens (tertiary/aromatic N) is 4. The van der Waals surface area contributed by atoms with E-state index < -0.39 is 0 Å². The van der Waals surface area contributed by atoms with Gasteiger partial charge in [-0.3, -0.25) is 20.0 Å². The molecule has 0 fully saturated rings. The smallest absolute Gasteiger partial charge is 0.0812 e. The zero-order chi connectivity index (χ0) is 16.8. The van der Waals surface area contributed by atoms with Crippen LogP contribution >= 0.6 is 49.6 Å². The van der Waals surface area contributed by atoms with Gasteiger partial charge in [0.1, 0.15) is 0 Å². The first-order valence-electron chi connectivity index (χ1n) is 7.74. The largest absolute Gasteiger partial charge is 0.255 e. The summed E-state index contributed by atoms with van der Waals surface area (Å²) in [5.41, 5.74) is 5.67. The maximum absolute atomic E-state index is 4.54. The van der Waals surface area contributed by atoms with Gasteiger partial charge in [-0.15, -0.1) is 49.6 Å². The van der Waals surface area contributed by atoms with Crippen molar-refractivity contribution >= 4 is 73.4 Å². The molecule has 2 heterocycles. The average Bonchev–Trinajstić information content (AvgIpc) is 2.62. The summed E-state index contributed by atoms with van der Waals surface area (Å²) < 4.78 is 0. The molecular weight excluding hydrogens is 555 g/mol. The molecule has 10 heteroatoms. The van der Waals surface area contributed by atoms with E-state index in [0.29, 0.717) is 0 Å². The first-order valence-corrected chi connectivity index (χ1v) is 7.74. The number of hydrogen-bond donors (Lipinski definition) is 0. The van der Waals surface area contributed by atoms with E-state index >= 15 is 0 Å². The van der Waals surface area contributed by atoms with Crippen LogP contribution in [-0.2, 0) is 33.0 Å². The van der Waals surface area contributed by atoms with Crippen LogP contribution in [0.3, 0.4) is 0 Å². The molecule has 0 saturated heterocycles. The quantitative estimate of drug-likeness (QED) is 0.271. The Morgan fingerprint density at radius 3 is 1.30 bits per heavy atom. The van der Waals surface area contributed by atoms with Gasteiger partial charge in [-0.25, -0.2) is 0 Å². The molecule has 0 N–H and O–H groups in total. The van der Waals surface area contributed by atoms with Gasteiger partial charge in [0.2, 0.25) is 0 Å². The van der Waals surface area contributed by atoms with E-state index in [1.54, 1.807) is 24.8 Å². The molecule has 3 aromatic rings. The van der Waals surface area contributed by atoms with Gasteiger partial charge in [-0.1, -0.05) is 12.1 Å². The van der Waals surface area contributed by atoms with E-state index in [0.717, 1.165) is 33.9 Å². The van der Waals surface area contributed by atoms with E-state index in [9.17, 15) is 0 Å². The van der Waals surface area contributed by atoms with E-state index in [2.05, 4.69) is 20.0 Å². The molecule has 0 amide bonds. The molecule has 0 aliphatic carbocycles. The summed E-state index contributed by atoms with van der Waals surface area (Å²) in [7, 11) is 0. The third kappa shape index (κ3) is 10.9. The van der Waals surface area contributed by atoms with Gasteiger partial charge in [0.05, 0.1) is 35.2 Å². The summed E-state index contributed by atoms with van der Waals surface area (Å²) in [5, 5.41) is 0. The van der Waals surface area contributed by atoms with Crippen molar-refractivity contribution in [2.24, 2.45) is 9.98 Å². The van der Waals surface area contributed by atoms with E-state index in [1.807, 2.05) is 62.4 Å². The maximum atomic E-state index is 4.54. The fourth-order valence-corrected chi connectivity index (χ4v) is 2.24. The van der Waals surface area contributed by atoms with Gasteiger partial charge in [0, 0.05) is 45.4 Å². The molecule has 0 aliphatic rings. The van der Waals surface area contributed by atoms with Crippen LogP contribution in [0.1, 0.15) is 22.5 Å². The summed E-state index contributed by atoms with van der Waals surface area (Å²) in [4.78, 5) is 17.6. The second-order valence-corrected chi connectivity index (χ2v) is 5.45. The van der Waals surface area contributed by atoms with Crippen molar-refractivity contribution in [3.05, 3.63) is 83.4 Å². The Labute approximate surface area is 222 Å². The molecule has 0 bridgehead atoms. The predicted molar refractivity (Wildman–Crippen MR) is 128 cm³/mol. The minimum Gasteiger partial charge on any atom is -0.255 e. The first-order chi connectivity index (χ1) is 11.7. The van der Waals surface area contributed by atoms with Crippen molar-refractivity contribution in [3.63, 3.8) is 0 Å². The van der Waals surface area contributed by atoms with Gasteiger partial charge < -0.3 is 0 Å². The van der Waals surface area contributed by atoms with Crippen LogP contribution in [-0.4, -0.2) is 22.4 Å². The number of aryl methyl sites for hydroxylation is 2. The van der Waals surface area contributed by atoms with Crippen LogP contribution in [0.2, 0.25) is 0 Å². The molecular formula is C20H22Cl4N4Ni2. The SMILES string of the molecule is Cc1cc(N=Cc2ccccn2)c(C)cc1N=Cc1ccccn1.Cl.Cl.Cl.Cl.[Ni].[Ni]. The van der Waals surface area contributed by atoms with Gasteiger partial charge in [0.25, 0.3) is 0 Å². The minimum atomic E-state index is 0. The Kier molecular flexibility index (Phi) is 22.7. The van der Waals surface area contributed by atoms with Crippen molar-refractivity contribution < 1.29 is 33.0 Å². The van der Waals surface area contributed by atoms with E-state index in [4.69, 9.17) is 0 Å². The Balaban J connectivity index is -0.000000563. The molecule has 0 spiro atoms. The van der Waals surface area contributed by atoms with Crippen LogP contribution in [0.15, 0.2) is 70.9 Å². The zero-order valence-electron chi connectivity index (χ0n) is 16.0. The van der Waals surface area contributed by atoms with Crippen molar-refractivity contribution in [2.45, 2.75) is 13.8 Å². The van der Waals surface area contributed by atoms with Crippen LogP contribution in [0.5, 0.6) is 0 Å². The monoisotopic (exact) mass is 574 g/mol. The second-order valence-electron chi connectivity index (χ2n) is 5.45. The van der Waals surface area contributed by atoms with Crippen molar-refractivity contribution in [2.75, 3.05) is 0 Å². The number of rotatable bonds is 4. The summed E-state index contributed by atoms with van der Waals surface area (Å²) in [6.07, 6.45) is 7.07. The number of aliphatic imine (C=N–C) groups is 2. The number of aromatic nitrogens is 2. The summed E-state index contributed by atoms with van der Waals surface area (Å²) >= 11 is 0. The van der Waals surface area contributed by atoms with Gasteiger partial charge in [0.15, 0.2) is 0 Å². The second kappa shape index (κ2) is 18.8. The van der Waals surface area contributed by atoms with Gasteiger partial charge in [-0.05, 0) is 61.4 Å². The molecule has 0 saturated carbocycles. The molecule has 3 rings (SSSR count). The number of benzene rings is 1. The summed E-state index contributed by atoms with van der Waals surface area (Å²) in [5.74, 6) is 0. The normalized spacial score (nSPS) is 9.13. The zero-order valence-corrected chi connectivity index (χ0v) is 21.2. The van der Waals surface area contributed by atoms with Crippen LogP contribution < -0.4 is 0 Å². The van der Waals surface area contributed by atoms with Gasteiger partial charge >= 0.3 is 0 Å². The molecule has 4 nitrogen and oxygen atoms in total. The average molecular weight is 578 g/mol. The fraction of sp³-hybridized carbons (Fsp3) is 0.100. The third-order valence-electron chi connectivity index (χ3n) is 3.56. The standard InChI is InChI=1S/C20H18N4.4ClH.2Ni/c1-15-11-20(24-14-18-8-4-6-10-22-18)16(2)12-19(15)23-13-17-7-3-5-9-21-17;;;;;;/h3-14H,1-2H3;4*1H;;. The van der Waals surface area contributed by atoms with E-state index in [-0.39, 0.29) is 82.6 Å².